The predicted octanol–water partition coefficient (Wildman–Crippen LogP) is 2.68. The minimum Gasteiger partial charge on any atom is -0.373 e. The molecule has 22 heavy (non-hydrogen) atoms. The highest BCUT2D eigenvalue weighted by Gasteiger charge is 2.41. The maximum atomic E-state index is 13.0. The van der Waals surface area contributed by atoms with Gasteiger partial charge in [-0.3, -0.25) is 4.31 Å². The van der Waals surface area contributed by atoms with Crippen LogP contribution in [0.25, 0.3) is 0 Å². The highest BCUT2D eigenvalue weighted by atomic mass is 32.2. The molecule has 1 fully saturated rings. The molecule has 0 bridgehead atoms. The number of para-hydroxylation sites is 3. The first-order chi connectivity index (χ1) is 10.7. The largest absolute Gasteiger partial charge is 0.373 e. The molecule has 1 unspecified atom stereocenters. The van der Waals surface area contributed by atoms with Gasteiger partial charge in [-0.2, -0.15) is 8.42 Å². The second-order valence-electron chi connectivity index (χ2n) is 5.41. The first-order valence-electron chi connectivity index (χ1n) is 7.26. The van der Waals surface area contributed by atoms with Crippen LogP contribution in [0.15, 0.2) is 54.6 Å². The van der Waals surface area contributed by atoms with E-state index in [1.165, 1.54) is 8.61 Å². The van der Waals surface area contributed by atoms with E-state index in [9.17, 15) is 8.42 Å². The van der Waals surface area contributed by atoms with Crippen molar-refractivity contribution in [2.45, 2.75) is 12.5 Å². The molecular weight excluding hydrogens is 300 g/mol. The molecule has 4 rings (SSSR count). The van der Waals surface area contributed by atoms with Crippen LogP contribution >= 0.6 is 0 Å². The summed E-state index contributed by atoms with van der Waals surface area (Å²) in [6, 6.07) is 16.6. The van der Waals surface area contributed by atoms with E-state index in [2.05, 4.69) is 0 Å². The number of benzene rings is 2. The fourth-order valence-corrected chi connectivity index (χ4v) is 4.49. The Morgan fingerprint density at radius 3 is 2.32 bits per heavy atom. The van der Waals surface area contributed by atoms with Crippen molar-refractivity contribution in [3.8, 4) is 0 Å². The Bertz CT molecular complexity index is 788. The van der Waals surface area contributed by atoms with Crippen LogP contribution < -0.4 is 8.61 Å². The maximum absolute atomic E-state index is 13.0. The Hall–Kier alpha value is -2.05. The summed E-state index contributed by atoms with van der Waals surface area (Å²) in [5, 5.41) is 0. The smallest absolute Gasteiger partial charge is 0.330 e. The van der Waals surface area contributed by atoms with Gasteiger partial charge in [-0.15, -0.1) is 0 Å². The van der Waals surface area contributed by atoms with Crippen LogP contribution in [0, 0.1) is 0 Å². The zero-order valence-electron chi connectivity index (χ0n) is 11.9. The Morgan fingerprint density at radius 2 is 1.64 bits per heavy atom. The zero-order valence-corrected chi connectivity index (χ0v) is 12.7. The van der Waals surface area contributed by atoms with E-state index in [1.54, 1.807) is 0 Å². The number of rotatable bonds is 4. The molecule has 2 aromatic rings. The third-order valence-corrected chi connectivity index (χ3v) is 5.73. The summed E-state index contributed by atoms with van der Waals surface area (Å²) in [7, 11) is -3.60. The van der Waals surface area contributed by atoms with E-state index >= 15 is 0 Å². The molecule has 1 saturated heterocycles. The monoisotopic (exact) mass is 316 g/mol. The lowest BCUT2D eigenvalue weighted by atomic mass is 10.2. The van der Waals surface area contributed by atoms with Gasteiger partial charge in [-0.1, -0.05) is 30.3 Å². The lowest BCUT2D eigenvalue weighted by Gasteiger charge is -2.21. The van der Waals surface area contributed by atoms with Crippen LogP contribution in [-0.4, -0.2) is 27.7 Å². The molecule has 1 atom stereocenters. The molecule has 2 aromatic carbocycles. The molecule has 6 heteroatoms. The van der Waals surface area contributed by atoms with Crippen molar-refractivity contribution in [1.82, 2.24) is 0 Å². The highest BCUT2D eigenvalue weighted by molar-refractivity contribution is 7.95. The van der Waals surface area contributed by atoms with Gasteiger partial charge in [-0.05, 0) is 30.7 Å². The number of nitrogens with zero attached hydrogens (tertiary/aromatic N) is 2. The summed E-state index contributed by atoms with van der Waals surface area (Å²) in [6.07, 6.45) is 0.920. The number of hydrogen-bond donors (Lipinski definition) is 0. The fourth-order valence-electron chi connectivity index (χ4n) is 2.76. The van der Waals surface area contributed by atoms with Crippen molar-refractivity contribution in [1.29, 1.82) is 0 Å². The number of epoxide rings is 1. The molecule has 0 aliphatic carbocycles. The molecule has 114 valence electrons. The molecule has 2 heterocycles. The minimum absolute atomic E-state index is 0.202. The first kappa shape index (κ1) is 13.6. The van der Waals surface area contributed by atoms with Crippen LogP contribution in [-0.2, 0) is 14.9 Å². The van der Waals surface area contributed by atoms with Crippen molar-refractivity contribution >= 4 is 27.3 Å². The summed E-state index contributed by atoms with van der Waals surface area (Å²) in [5.41, 5.74) is 2.08. The quantitative estimate of drug-likeness (QED) is 0.815. The van der Waals surface area contributed by atoms with Crippen molar-refractivity contribution in [3.63, 3.8) is 0 Å². The predicted molar refractivity (Wildman–Crippen MR) is 85.6 cm³/mol. The van der Waals surface area contributed by atoms with Gasteiger partial charge in [0, 0.05) is 6.54 Å². The van der Waals surface area contributed by atoms with Crippen LogP contribution in [0.4, 0.5) is 17.1 Å². The van der Waals surface area contributed by atoms with Gasteiger partial charge in [0.25, 0.3) is 0 Å². The normalized spacial score (nSPS) is 21.7. The molecule has 2 aliphatic heterocycles. The van der Waals surface area contributed by atoms with Crippen molar-refractivity contribution in [3.05, 3.63) is 54.6 Å². The van der Waals surface area contributed by atoms with E-state index < -0.39 is 10.2 Å². The topological polar surface area (TPSA) is 53.2 Å². The average molecular weight is 316 g/mol. The van der Waals surface area contributed by atoms with Gasteiger partial charge in [0.05, 0.1) is 29.8 Å². The standard InChI is InChI=1S/C16H16N2O3S/c19-22(20)17(11-10-14-12-21-14)15-8-4-5-9-16(15)18(22)13-6-2-1-3-7-13/h1-9,14H,10-12H2. The third kappa shape index (κ3) is 2.15. The summed E-state index contributed by atoms with van der Waals surface area (Å²) in [4.78, 5) is 0. The van der Waals surface area contributed by atoms with Gasteiger partial charge in [0.15, 0.2) is 0 Å². The molecular formula is C16H16N2O3S. The number of fused-ring (bicyclic) bond motifs is 1. The molecule has 0 radical (unpaired) electrons. The number of anilines is 3. The number of hydrogen-bond acceptors (Lipinski definition) is 3. The molecule has 0 amide bonds. The zero-order chi connectivity index (χ0) is 15.2. The van der Waals surface area contributed by atoms with Crippen LogP contribution in [0.1, 0.15) is 6.42 Å². The fraction of sp³-hybridized carbons (Fsp3) is 0.250. The van der Waals surface area contributed by atoms with Gasteiger partial charge in [-0.25, -0.2) is 4.31 Å². The first-order valence-corrected chi connectivity index (χ1v) is 8.66. The lowest BCUT2D eigenvalue weighted by molar-refractivity contribution is 0.399. The van der Waals surface area contributed by atoms with Crippen LogP contribution in [0.2, 0.25) is 0 Å². The van der Waals surface area contributed by atoms with E-state index in [0.29, 0.717) is 17.9 Å². The van der Waals surface area contributed by atoms with Gasteiger partial charge < -0.3 is 4.74 Å². The summed E-state index contributed by atoms with van der Waals surface area (Å²) in [6.45, 7) is 1.17. The van der Waals surface area contributed by atoms with Gasteiger partial charge in [0.1, 0.15) is 0 Å². The Morgan fingerprint density at radius 1 is 1.00 bits per heavy atom. The summed E-state index contributed by atoms with van der Waals surface area (Å²) >= 11 is 0. The molecule has 5 nitrogen and oxygen atoms in total. The highest BCUT2D eigenvalue weighted by Crippen LogP contribution is 2.45. The Kier molecular flexibility index (Phi) is 3.09. The van der Waals surface area contributed by atoms with Crippen molar-refractivity contribution in [2.75, 3.05) is 21.8 Å². The third-order valence-electron chi connectivity index (χ3n) is 3.93. The van der Waals surface area contributed by atoms with Crippen molar-refractivity contribution in [2.24, 2.45) is 0 Å². The molecule has 0 saturated carbocycles. The van der Waals surface area contributed by atoms with E-state index in [-0.39, 0.29) is 6.10 Å². The maximum Gasteiger partial charge on any atom is 0.330 e. The Labute approximate surface area is 129 Å². The molecule has 0 spiro atoms. The van der Waals surface area contributed by atoms with Crippen LogP contribution in [0.5, 0.6) is 0 Å². The molecule has 0 N–H and O–H groups in total. The van der Waals surface area contributed by atoms with Gasteiger partial charge >= 0.3 is 10.2 Å². The van der Waals surface area contributed by atoms with E-state index in [4.69, 9.17) is 4.74 Å². The second kappa shape index (κ2) is 5.00. The Balaban J connectivity index is 1.78. The second-order valence-corrected chi connectivity index (χ2v) is 7.11. The summed E-state index contributed by atoms with van der Waals surface area (Å²) in [5.74, 6) is 0. The van der Waals surface area contributed by atoms with Crippen molar-refractivity contribution < 1.29 is 13.2 Å². The molecule has 0 aromatic heterocycles. The van der Waals surface area contributed by atoms with Gasteiger partial charge in [0.2, 0.25) is 0 Å². The van der Waals surface area contributed by atoms with E-state index in [0.717, 1.165) is 18.7 Å². The van der Waals surface area contributed by atoms with Crippen LogP contribution in [0.3, 0.4) is 0 Å². The molecule has 2 aliphatic rings. The summed E-state index contributed by atoms with van der Waals surface area (Å²) < 4.78 is 34.1. The minimum atomic E-state index is -3.60. The SMILES string of the molecule is O=S1(=O)N(CCC2CO2)c2ccccc2N1c1ccccc1. The average Bonchev–Trinajstić information content (AvgIpc) is 3.30. The number of ether oxygens (including phenoxy) is 1. The van der Waals surface area contributed by atoms with E-state index in [1.807, 2.05) is 54.6 Å². The lowest BCUT2D eigenvalue weighted by Crippen LogP contribution is -2.36.